The summed E-state index contributed by atoms with van der Waals surface area (Å²) < 4.78 is 18.6. The lowest BCUT2D eigenvalue weighted by Gasteiger charge is -2.10. The van der Waals surface area contributed by atoms with Crippen molar-refractivity contribution in [2.45, 2.75) is 39.0 Å². The second-order valence-corrected chi connectivity index (χ2v) is 6.60. The summed E-state index contributed by atoms with van der Waals surface area (Å²) >= 11 is 0. The minimum Gasteiger partial charge on any atom is -0.441 e. The molecule has 1 heterocycles. The van der Waals surface area contributed by atoms with Gasteiger partial charge in [0, 0.05) is 24.1 Å². The maximum atomic E-state index is 13.0. The number of aryl methyl sites for hydroxylation is 1. The van der Waals surface area contributed by atoms with Gasteiger partial charge in [-0.3, -0.25) is 4.79 Å². The number of halogens is 1. The van der Waals surface area contributed by atoms with Gasteiger partial charge in [-0.25, -0.2) is 9.37 Å². The normalized spacial score (nSPS) is 12.0. The highest BCUT2D eigenvalue weighted by atomic mass is 19.1. The topological polar surface area (TPSA) is 55.1 Å². The minimum absolute atomic E-state index is 0.0900. The molecule has 0 radical (unpaired) electrons. The molecule has 0 aliphatic heterocycles. The van der Waals surface area contributed by atoms with Gasteiger partial charge in [0.05, 0.1) is 6.20 Å². The Bertz CT molecular complexity index is 885. The molecule has 0 aliphatic rings. The third kappa shape index (κ3) is 5.03. The molecular formula is C22H23FN2O2. The van der Waals surface area contributed by atoms with Crippen molar-refractivity contribution in [2.24, 2.45) is 0 Å². The fourth-order valence-electron chi connectivity index (χ4n) is 2.75. The van der Waals surface area contributed by atoms with Crippen LogP contribution in [0.5, 0.6) is 0 Å². The number of amides is 1. The predicted octanol–water partition coefficient (Wildman–Crippen LogP) is 5.57. The number of nitrogens with zero attached hydrogens (tertiary/aromatic N) is 1. The SMILES string of the molecule is CC[C@@H](C)c1ccc(NC(=O)CCc2ncc(-c3ccc(F)cc3)o2)cc1. The van der Waals surface area contributed by atoms with E-state index < -0.39 is 0 Å². The molecular weight excluding hydrogens is 343 g/mol. The van der Waals surface area contributed by atoms with Gasteiger partial charge in [-0.15, -0.1) is 0 Å². The molecule has 0 unspecified atom stereocenters. The molecule has 0 saturated heterocycles. The summed E-state index contributed by atoms with van der Waals surface area (Å²) in [7, 11) is 0. The molecule has 3 aromatic rings. The van der Waals surface area contributed by atoms with E-state index in [9.17, 15) is 9.18 Å². The maximum Gasteiger partial charge on any atom is 0.224 e. The summed E-state index contributed by atoms with van der Waals surface area (Å²) in [6.45, 7) is 4.34. The van der Waals surface area contributed by atoms with Gasteiger partial charge in [-0.1, -0.05) is 26.0 Å². The predicted molar refractivity (Wildman–Crippen MR) is 104 cm³/mol. The number of nitrogens with one attached hydrogen (secondary N) is 1. The Morgan fingerprint density at radius 3 is 2.52 bits per heavy atom. The van der Waals surface area contributed by atoms with E-state index in [1.54, 1.807) is 18.3 Å². The van der Waals surface area contributed by atoms with Crippen LogP contribution in [0.4, 0.5) is 10.1 Å². The minimum atomic E-state index is -0.299. The van der Waals surface area contributed by atoms with Crippen molar-refractivity contribution >= 4 is 11.6 Å². The average molecular weight is 366 g/mol. The number of anilines is 1. The molecule has 1 atom stereocenters. The van der Waals surface area contributed by atoms with Crippen LogP contribution < -0.4 is 5.32 Å². The van der Waals surface area contributed by atoms with Gasteiger partial charge in [-0.2, -0.15) is 0 Å². The molecule has 0 saturated carbocycles. The summed E-state index contributed by atoms with van der Waals surface area (Å²) in [5.41, 5.74) is 2.80. The standard InChI is InChI=1S/C22H23FN2O2/c1-3-15(2)16-6-10-19(11-7-16)25-21(26)12-13-22-24-14-20(27-22)17-4-8-18(23)9-5-17/h4-11,14-15H,3,12-13H2,1-2H3,(H,25,26)/t15-/m1/s1. The average Bonchev–Trinajstić information content (AvgIpc) is 3.16. The molecule has 3 rings (SSSR count). The van der Waals surface area contributed by atoms with E-state index >= 15 is 0 Å². The molecule has 1 aromatic heterocycles. The van der Waals surface area contributed by atoms with Crippen molar-refractivity contribution < 1.29 is 13.6 Å². The van der Waals surface area contributed by atoms with E-state index in [0.29, 0.717) is 24.0 Å². The van der Waals surface area contributed by atoms with Crippen LogP contribution in [0.1, 0.15) is 44.1 Å². The number of carbonyl (C=O) groups is 1. The molecule has 0 aliphatic carbocycles. The van der Waals surface area contributed by atoms with Crippen molar-refractivity contribution in [3.63, 3.8) is 0 Å². The summed E-state index contributed by atoms with van der Waals surface area (Å²) in [6, 6.07) is 14.0. The lowest BCUT2D eigenvalue weighted by molar-refractivity contribution is -0.116. The third-order valence-electron chi connectivity index (χ3n) is 4.62. The number of aromatic nitrogens is 1. The maximum absolute atomic E-state index is 13.0. The fourth-order valence-corrected chi connectivity index (χ4v) is 2.75. The van der Waals surface area contributed by atoms with Crippen LogP contribution in [0.2, 0.25) is 0 Å². The number of benzene rings is 2. The Morgan fingerprint density at radius 1 is 1.15 bits per heavy atom. The number of hydrogen-bond acceptors (Lipinski definition) is 3. The van der Waals surface area contributed by atoms with Gasteiger partial charge in [0.25, 0.3) is 0 Å². The van der Waals surface area contributed by atoms with E-state index in [4.69, 9.17) is 4.42 Å². The zero-order valence-electron chi connectivity index (χ0n) is 15.5. The van der Waals surface area contributed by atoms with Crippen molar-refractivity contribution in [3.8, 4) is 11.3 Å². The Morgan fingerprint density at radius 2 is 1.85 bits per heavy atom. The monoisotopic (exact) mass is 366 g/mol. The van der Waals surface area contributed by atoms with Gasteiger partial charge in [-0.05, 0) is 54.3 Å². The van der Waals surface area contributed by atoms with Crippen LogP contribution in [0.3, 0.4) is 0 Å². The molecule has 1 N–H and O–H groups in total. The third-order valence-corrected chi connectivity index (χ3v) is 4.62. The van der Waals surface area contributed by atoms with Crippen LogP contribution in [-0.4, -0.2) is 10.9 Å². The van der Waals surface area contributed by atoms with Crippen LogP contribution in [0, 0.1) is 5.82 Å². The van der Waals surface area contributed by atoms with Crippen molar-refractivity contribution in [3.05, 3.63) is 72.0 Å². The van der Waals surface area contributed by atoms with E-state index in [1.807, 2.05) is 24.3 Å². The highest BCUT2D eigenvalue weighted by Gasteiger charge is 2.10. The Balaban J connectivity index is 1.53. The lowest BCUT2D eigenvalue weighted by Crippen LogP contribution is -2.12. The fraction of sp³-hybridized carbons (Fsp3) is 0.273. The first kappa shape index (κ1) is 18.8. The summed E-state index contributed by atoms with van der Waals surface area (Å²) in [6.07, 6.45) is 3.35. The van der Waals surface area contributed by atoms with E-state index in [2.05, 4.69) is 24.1 Å². The van der Waals surface area contributed by atoms with E-state index in [1.165, 1.54) is 17.7 Å². The Hall–Kier alpha value is -2.95. The van der Waals surface area contributed by atoms with Crippen molar-refractivity contribution in [1.29, 1.82) is 0 Å². The number of carbonyl (C=O) groups excluding carboxylic acids is 1. The smallest absolute Gasteiger partial charge is 0.224 e. The lowest BCUT2D eigenvalue weighted by atomic mass is 9.99. The number of hydrogen-bond donors (Lipinski definition) is 1. The largest absolute Gasteiger partial charge is 0.441 e. The van der Waals surface area contributed by atoms with Crippen LogP contribution in [0.25, 0.3) is 11.3 Å². The Labute approximate surface area is 158 Å². The number of rotatable bonds is 7. The molecule has 0 fully saturated rings. The molecule has 4 nitrogen and oxygen atoms in total. The first-order chi connectivity index (χ1) is 13.0. The van der Waals surface area contributed by atoms with Gasteiger partial charge in [0.2, 0.25) is 5.91 Å². The van der Waals surface area contributed by atoms with Gasteiger partial charge in [0.1, 0.15) is 5.82 Å². The molecule has 1 amide bonds. The molecule has 2 aromatic carbocycles. The van der Waals surface area contributed by atoms with Crippen LogP contribution in [-0.2, 0) is 11.2 Å². The van der Waals surface area contributed by atoms with Gasteiger partial charge < -0.3 is 9.73 Å². The van der Waals surface area contributed by atoms with Gasteiger partial charge in [0.15, 0.2) is 11.7 Å². The van der Waals surface area contributed by atoms with Crippen molar-refractivity contribution in [2.75, 3.05) is 5.32 Å². The highest BCUT2D eigenvalue weighted by Crippen LogP contribution is 2.22. The number of oxazole rings is 1. The Kier molecular flexibility index (Phi) is 6.01. The zero-order valence-corrected chi connectivity index (χ0v) is 15.5. The summed E-state index contributed by atoms with van der Waals surface area (Å²) in [5, 5.41) is 2.89. The second-order valence-electron chi connectivity index (χ2n) is 6.60. The first-order valence-corrected chi connectivity index (χ1v) is 9.15. The first-order valence-electron chi connectivity index (χ1n) is 9.15. The van der Waals surface area contributed by atoms with Crippen LogP contribution >= 0.6 is 0 Å². The molecule has 0 bridgehead atoms. The summed E-state index contributed by atoms with van der Waals surface area (Å²) in [5.74, 6) is 1.16. The van der Waals surface area contributed by atoms with E-state index in [0.717, 1.165) is 17.7 Å². The summed E-state index contributed by atoms with van der Waals surface area (Å²) in [4.78, 5) is 16.3. The highest BCUT2D eigenvalue weighted by molar-refractivity contribution is 5.90. The second kappa shape index (κ2) is 8.62. The van der Waals surface area contributed by atoms with Crippen molar-refractivity contribution in [1.82, 2.24) is 4.98 Å². The molecule has 27 heavy (non-hydrogen) atoms. The van der Waals surface area contributed by atoms with E-state index in [-0.39, 0.29) is 18.1 Å². The zero-order chi connectivity index (χ0) is 19.2. The molecule has 5 heteroatoms. The van der Waals surface area contributed by atoms with Gasteiger partial charge >= 0.3 is 0 Å². The molecule has 140 valence electrons. The molecule has 0 spiro atoms. The quantitative estimate of drug-likeness (QED) is 0.595. The van der Waals surface area contributed by atoms with Crippen LogP contribution in [0.15, 0.2) is 59.1 Å².